The van der Waals surface area contributed by atoms with Crippen LogP contribution in [-0.4, -0.2) is 56.9 Å². The summed E-state index contributed by atoms with van der Waals surface area (Å²) in [7, 11) is 1.86. The van der Waals surface area contributed by atoms with Crippen LogP contribution in [0.15, 0.2) is 28.9 Å². The van der Waals surface area contributed by atoms with Gasteiger partial charge in [0.25, 0.3) is 5.91 Å². The van der Waals surface area contributed by atoms with Gasteiger partial charge in [-0.2, -0.15) is 0 Å². The first kappa shape index (κ1) is 20.5. The van der Waals surface area contributed by atoms with Gasteiger partial charge in [-0.05, 0) is 43.9 Å². The minimum absolute atomic E-state index is 0.200. The second-order valence-corrected chi connectivity index (χ2v) is 8.23. The summed E-state index contributed by atoms with van der Waals surface area (Å²) in [5.74, 6) is 0.281. The normalized spacial score (nSPS) is 20.4. The fourth-order valence-corrected chi connectivity index (χ4v) is 3.74. The smallest absolute Gasteiger partial charge is 0.256 e. The Balaban J connectivity index is 1.64. The molecule has 0 saturated carbocycles. The van der Waals surface area contributed by atoms with Crippen molar-refractivity contribution in [3.8, 4) is 0 Å². The van der Waals surface area contributed by atoms with Crippen LogP contribution in [0.1, 0.15) is 55.1 Å². The van der Waals surface area contributed by atoms with Crippen LogP contribution in [0.3, 0.4) is 0 Å². The maximum atomic E-state index is 13.0. The van der Waals surface area contributed by atoms with Gasteiger partial charge in [-0.3, -0.25) is 9.69 Å². The Morgan fingerprint density at radius 3 is 2.61 bits per heavy atom. The zero-order valence-corrected chi connectivity index (χ0v) is 17.2. The summed E-state index contributed by atoms with van der Waals surface area (Å²) in [6.45, 7) is 8.07. The van der Waals surface area contributed by atoms with Crippen molar-refractivity contribution in [2.75, 3.05) is 20.1 Å². The Morgan fingerprint density at radius 2 is 2.00 bits per heavy atom. The number of rotatable bonds is 7. The van der Waals surface area contributed by atoms with Crippen molar-refractivity contribution in [3.05, 3.63) is 46.8 Å². The van der Waals surface area contributed by atoms with Crippen LogP contribution in [0.2, 0.25) is 0 Å². The van der Waals surface area contributed by atoms with Gasteiger partial charge in [0.15, 0.2) is 5.60 Å². The van der Waals surface area contributed by atoms with E-state index in [1.165, 1.54) is 5.56 Å². The average Bonchev–Trinajstić information content (AvgIpc) is 3.04. The lowest BCUT2D eigenvalue weighted by atomic mass is 9.90. The van der Waals surface area contributed by atoms with Crippen molar-refractivity contribution in [1.29, 1.82) is 0 Å². The molecule has 0 spiro atoms. The molecule has 1 amide bonds. The van der Waals surface area contributed by atoms with Crippen molar-refractivity contribution >= 4 is 5.91 Å². The molecule has 3 rings (SSSR count). The van der Waals surface area contributed by atoms with E-state index in [1.54, 1.807) is 4.90 Å². The Hall–Kier alpha value is -2.25. The lowest BCUT2D eigenvalue weighted by Crippen LogP contribution is -2.57. The molecule has 0 bridgehead atoms. The first-order valence-corrected chi connectivity index (χ1v) is 9.85. The Labute approximate surface area is 166 Å². The Bertz CT molecular complexity index is 802. The first-order chi connectivity index (χ1) is 13.3. The third kappa shape index (κ3) is 4.59. The van der Waals surface area contributed by atoms with E-state index in [-0.39, 0.29) is 12.5 Å². The van der Waals surface area contributed by atoms with E-state index >= 15 is 0 Å². The molecule has 1 aromatic carbocycles. The molecule has 2 aromatic rings. The molecular formula is C21H30N4O3. The molecule has 0 radical (unpaired) electrons. The molecule has 1 saturated heterocycles. The van der Waals surface area contributed by atoms with Crippen molar-refractivity contribution in [2.45, 2.75) is 58.2 Å². The highest BCUT2D eigenvalue weighted by atomic mass is 16.6. The second-order valence-electron chi connectivity index (χ2n) is 8.23. The summed E-state index contributed by atoms with van der Waals surface area (Å²) in [5.41, 5.74) is 2.43. The van der Waals surface area contributed by atoms with Gasteiger partial charge in [0.05, 0.1) is 0 Å². The summed E-state index contributed by atoms with van der Waals surface area (Å²) in [4.78, 5) is 16.7. The molecule has 1 N–H and O–H groups in total. The Kier molecular flexibility index (Phi) is 6.15. The number of nitrogens with zero attached hydrogens (tertiary/aromatic N) is 4. The van der Waals surface area contributed by atoms with E-state index in [0.717, 1.165) is 23.4 Å². The van der Waals surface area contributed by atoms with E-state index in [9.17, 15) is 9.90 Å². The quantitative estimate of drug-likeness (QED) is 0.787. The molecule has 1 aliphatic rings. The number of piperidine rings is 1. The molecular weight excluding hydrogens is 356 g/mol. The molecule has 0 aliphatic carbocycles. The maximum Gasteiger partial charge on any atom is 0.256 e. The fraction of sp³-hybridized carbons (Fsp3) is 0.571. The number of amides is 1. The minimum Gasteiger partial charge on any atom is -0.379 e. The van der Waals surface area contributed by atoms with Crippen molar-refractivity contribution in [2.24, 2.45) is 0 Å². The molecule has 1 aliphatic heterocycles. The fourth-order valence-electron chi connectivity index (χ4n) is 3.74. The van der Waals surface area contributed by atoms with Crippen LogP contribution in [0, 0.1) is 6.92 Å². The van der Waals surface area contributed by atoms with Crippen LogP contribution >= 0.6 is 0 Å². The summed E-state index contributed by atoms with van der Waals surface area (Å²) >= 11 is 0. The van der Waals surface area contributed by atoms with Gasteiger partial charge < -0.3 is 10.0 Å². The standard InChI is InChI=1S/C21H30N4O3/c1-15(2)18-8-6-17(7-9-18)12-25-11-5-10-21(27,20(25)26)14-24(4)13-19-16(3)22-28-23-19/h6-9,15,27H,5,10-14H2,1-4H3/t21-/m1/s1. The number of likely N-dealkylation sites (N-methyl/N-ethyl adjacent to an activating group) is 1. The van der Waals surface area contributed by atoms with Gasteiger partial charge in [0.2, 0.25) is 0 Å². The van der Waals surface area contributed by atoms with Crippen molar-refractivity contribution < 1.29 is 14.5 Å². The predicted octanol–water partition coefficient (Wildman–Crippen LogP) is 2.49. The van der Waals surface area contributed by atoms with Gasteiger partial charge >= 0.3 is 0 Å². The number of hydrogen-bond donors (Lipinski definition) is 1. The summed E-state index contributed by atoms with van der Waals surface area (Å²) in [5, 5.41) is 18.7. The number of aromatic nitrogens is 2. The minimum atomic E-state index is -1.38. The SMILES string of the molecule is Cc1nonc1CN(C)C[C@]1(O)CCCN(Cc2ccc(C(C)C)cc2)C1=O. The molecule has 152 valence electrons. The van der Waals surface area contributed by atoms with E-state index in [4.69, 9.17) is 4.63 Å². The summed E-state index contributed by atoms with van der Waals surface area (Å²) in [6.07, 6.45) is 1.25. The molecule has 7 heteroatoms. The van der Waals surface area contributed by atoms with Crippen molar-refractivity contribution in [3.63, 3.8) is 0 Å². The lowest BCUT2D eigenvalue weighted by molar-refractivity contribution is -0.160. The predicted molar refractivity (Wildman–Crippen MR) is 106 cm³/mol. The molecule has 28 heavy (non-hydrogen) atoms. The van der Waals surface area contributed by atoms with Gasteiger partial charge in [0.1, 0.15) is 11.4 Å². The van der Waals surface area contributed by atoms with Gasteiger partial charge in [-0.15, -0.1) is 0 Å². The zero-order chi connectivity index (χ0) is 20.3. The summed E-state index contributed by atoms with van der Waals surface area (Å²) < 4.78 is 4.72. The topological polar surface area (TPSA) is 82.7 Å². The second kappa shape index (κ2) is 8.41. The highest BCUT2D eigenvalue weighted by molar-refractivity contribution is 5.86. The number of likely N-dealkylation sites (tertiary alicyclic amines) is 1. The molecule has 1 aromatic heterocycles. The van der Waals surface area contributed by atoms with E-state index in [2.05, 4.69) is 48.4 Å². The van der Waals surface area contributed by atoms with Crippen LogP contribution in [0.5, 0.6) is 0 Å². The first-order valence-electron chi connectivity index (χ1n) is 9.85. The van der Waals surface area contributed by atoms with Crippen LogP contribution in [-0.2, 0) is 17.9 Å². The van der Waals surface area contributed by atoms with Crippen molar-refractivity contribution in [1.82, 2.24) is 20.1 Å². The largest absolute Gasteiger partial charge is 0.379 e. The van der Waals surface area contributed by atoms with E-state index < -0.39 is 5.60 Å². The molecule has 1 fully saturated rings. The molecule has 0 unspecified atom stereocenters. The van der Waals surface area contributed by atoms with Crippen LogP contribution < -0.4 is 0 Å². The average molecular weight is 386 g/mol. The van der Waals surface area contributed by atoms with Gasteiger partial charge in [0, 0.05) is 26.2 Å². The van der Waals surface area contributed by atoms with E-state index in [0.29, 0.717) is 32.0 Å². The van der Waals surface area contributed by atoms with Gasteiger partial charge in [-0.1, -0.05) is 48.4 Å². The number of carbonyl (C=O) groups is 1. The van der Waals surface area contributed by atoms with Crippen LogP contribution in [0.25, 0.3) is 0 Å². The highest BCUT2D eigenvalue weighted by Gasteiger charge is 2.42. The van der Waals surface area contributed by atoms with Gasteiger partial charge in [-0.25, -0.2) is 4.63 Å². The number of hydrogen-bond acceptors (Lipinski definition) is 6. The number of aliphatic hydroxyl groups is 1. The maximum absolute atomic E-state index is 13.0. The third-order valence-electron chi connectivity index (χ3n) is 5.42. The highest BCUT2D eigenvalue weighted by Crippen LogP contribution is 2.26. The molecule has 2 heterocycles. The molecule has 7 nitrogen and oxygen atoms in total. The third-order valence-corrected chi connectivity index (χ3v) is 5.42. The number of aryl methyl sites for hydroxylation is 1. The lowest BCUT2D eigenvalue weighted by Gasteiger charge is -2.40. The number of benzene rings is 1. The van der Waals surface area contributed by atoms with Crippen LogP contribution in [0.4, 0.5) is 0 Å². The zero-order valence-electron chi connectivity index (χ0n) is 17.2. The monoisotopic (exact) mass is 386 g/mol. The van der Waals surface area contributed by atoms with E-state index in [1.807, 2.05) is 18.9 Å². The molecule has 1 atom stereocenters. The number of carbonyl (C=O) groups excluding carboxylic acids is 1. The summed E-state index contributed by atoms with van der Waals surface area (Å²) in [6, 6.07) is 8.37. The Morgan fingerprint density at radius 1 is 1.29 bits per heavy atom.